The van der Waals surface area contributed by atoms with Crippen molar-refractivity contribution in [3.63, 3.8) is 0 Å². The molecule has 0 aromatic carbocycles. The highest BCUT2D eigenvalue weighted by molar-refractivity contribution is 4.91. The molecule has 0 saturated heterocycles. The lowest BCUT2D eigenvalue weighted by molar-refractivity contribution is 0.0102. The molecule has 0 aromatic rings. The fourth-order valence-corrected chi connectivity index (χ4v) is 2.74. The lowest BCUT2D eigenvalue weighted by atomic mass is 9.85. The molecule has 1 rings (SSSR count). The molecule has 1 aliphatic carbocycles. The van der Waals surface area contributed by atoms with Crippen molar-refractivity contribution in [3.05, 3.63) is 0 Å². The van der Waals surface area contributed by atoms with E-state index in [4.69, 9.17) is 10.00 Å². The lowest BCUT2D eigenvalue weighted by Crippen LogP contribution is -2.23. The van der Waals surface area contributed by atoms with Crippen molar-refractivity contribution in [2.24, 2.45) is 11.3 Å². The van der Waals surface area contributed by atoms with E-state index in [1.54, 1.807) is 0 Å². The van der Waals surface area contributed by atoms with Crippen molar-refractivity contribution < 1.29 is 4.74 Å². The molecule has 2 unspecified atom stereocenters. The molecule has 1 aliphatic rings. The highest BCUT2D eigenvalue weighted by Crippen LogP contribution is 2.28. The average molecular weight is 251 g/mol. The molecule has 0 N–H and O–H groups in total. The molecule has 2 heteroatoms. The molecular formula is C16H29NO. The van der Waals surface area contributed by atoms with Gasteiger partial charge in [0.2, 0.25) is 0 Å². The van der Waals surface area contributed by atoms with Gasteiger partial charge in [0.25, 0.3) is 0 Å². The summed E-state index contributed by atoms with van der Waals surface area (Å²) in [6.07, 6.45) is 10.2. The van der Waals surface area contributed by atoms with Gasteiger partial charge in [-0.1, -0.05) is 26.2 Å². The van der Waals surface area contributed by atoms with Crippen LogP contribution >= 0.6 is 0 Å². The first kappa shape index (κ1) is 15.5. The molecule has 0 radical (unpaired) electrons. The smallest absolute Gasteiger partial charge is 0.0683 e. The summed E-state index contributed by atoms with van der Waals surface area (Å²) in [6, 6.07) is 2.35. The third kappa shape index (κ3) is 5.87. The van der Waals surface area contributed by atoms with Crippen LogP contribution in [0.5, 0.6) is 0 Å². The van der Waals surface area contributed by atoms with Gasteiger partial charge in [-0.2, -0.15) is 5.26 Å². The van der Waals surface area contributed by atoms with E-state index in [2.05, 4.69) is 13.0 Å². The topological polar surface area (TPSA) is 33.0 Å². The van der Waals surface area contributed by atoms with Crippen molar-refractivity contribution >= 4 is 0 Å². The van der Waals surface area contributed by atoms with Gasteiger partial charge in [-0.15, -0.1) is 0 Å². The molecule has 1 fully saturated rings. The summed E-state index contributed by atoms with van der Waals surface area (Å²) in [6.45, 7) is 7.20. The SMILES string of the molecule is CCC1CCCC(OCCCCC(C)(C)C#N)C1. The summed E-state index contributed by atoms with van der Waals surface area (Å²) in [7, 11) is 0. The van der Waals surface area contributed by atoms with Crippen LogP contribution in [0, 0.1) is 22.7 Å². The lowest BCUT2D eigenvalue weighted by Gasteiger charge is -2.28. The number of ether oxygens (including phenoxy) is 1. The third-order valence-corrected chi connectivity index (χ3v) is 4.16. The number of rotatable bonds is 7. The normalized spacial score (nSPS) is 24.8. The Morgan fingerprint density at radius 1 is 1.28 bits per heavy atom. The number of hydrogen-bond donors (Lipinski definition) is 0. The van der Waals surface area contributed by atoms with Crippen molar-refractivity contribution in [1.82, 2.24) is 0 Å². The molecule has 0 spiro atoms. The number of nitrogens with zero attached hydrogens (tertiary/aromatic N) is 1. The van der Waals surface area contributed by atoms with E-state index < -0.39 is 0 Å². The molecule has 0 heterocycles. The van der Waals surface area contributed by atoms with Crippen LogP contribution in [-0.4, -0.2) is 12.7 Å². The Labute approximate surface area is 113 Å². The van der Waals surface area contributed by atoms with E-state index in [0.29, 0.717) is 6.10 Å². The summed E-state index contributed by atoms with van der Waals surface area (Å²) in [4.78, 5) is 0. The highest BCUT2D eigenvalue weighted by Gasteiger charge is 2.21. The van der Waals surface area contributed by atoms with Gasteiger partial charge in [-0.3, -0.25) is 0 Å². The van der Waals surface area contributed by atoms with Gasteiger partial charge in [0, 0.05) is 6.61 Å². The van der Waals surface area contributed by atoms with Crippen molar-refractivity contribution in [1.29, 1.82) is 5.26 Å². The van der Waals surface area contributed by atoms with Gasteiger partial charge < -0.3 is 4.74 Å². The number of hydrogen-bond acceptors (Lipinski definition) is 2. The summed E-state index contributed by atoms with van der Waals surface area (Å²) >= 11 is 0. The molecule has 0 aromatic heterocycles. The standard InChI is InChI=1S/C16H29NO/c1-4-14-8-7-9-15(12-14)18-11-6-5-10-16(2,3)13-17/h14-15H,4-12H2,1-3H3. The van der Waals surface area contributed by atoms with E-state index in [1.165, 1.54) is 32.1 Å². The fraction of sp³-hybridized carbons (Fsp3) is 0.938. The maximum Gasteiger partial charge on any atom is 0.0683 e. The van der Waals surface area contributed by atoms with Crippen LogP contribution in [0.1, 0.15) is 72.1 Å². The van der Waals surface area contributed by atoms with Crippen LogP contribution in [-0.2, 0) is 4.74 Å². The van der Waals surface area contributed by atoms with Crippen LogP contribution in [0.2, 0.25) is 0 Å². The van der Waals surface area contributed by atoms with Crippen LogP contribution in [0.15, 0.2) is 0 Å². The van der Waals surface area contributed by atoms with Crippen molar-refractivity contribution in [2.75, 3.05) is 6.61 Å². The Hall–Kier alpha value is -0.550. The molecule has 1 saturated carbocycles. The van der Waals surface area contributed by atoms with E-state index in [9.17, 15) is 0 Å². The van der Waals surface area contributed by atoms with Gasteiger partial charge in [0.1, 0.15) is 0 Å². The number of unbranched alkanes of at least 4 members (excludes halogenated alkanes) is 1. The minimum Gasteiger partial charge on any atom is -0.378 e. The molecule has 104 valence electrons. The largest absolute Gasteiger partial charge is 0.378 e. The minimum absolute atomic E-state index is 0.169. The van der Waals surface area contributed by atoms with E-state index >= 15 is 0 Å². The first-order valence-electron chi connectivity index (χ1n) is 7.60. The Kier molecular flexibility index (Phi) is 6.71. The first-order chi connectivity index (χ1) is 8.57. The predicted octanol–water partition coefficient (Wildman–Crippen LogP) is 4.69. The second kappa shape index (κ2) is 7.79. The average Bonchev–Trinajstić information content (AvgIpc) is 2.38. The van der Waals surface area contributed by atoms with E-state index in [1.807, 2.05) is 13.8 Å². The second-order valence-electron chi connectivity index (χ2n) is 6.39. The Balaban J connectivity index is 2.06. The van der Waals surface area contributed by atoms with Crippen LogP contribution in [0.25, 0.3) is 0 Å². The maximum atomic E-state index is 8.93. The van der Waals surface area contributed by atoms with Crippen LogP contribution < -0.4 is 0 Å². The molecule has 2 nitrogen and oxygen atoms in total. The Bertz CT molecular complexity index is 267. The van der Waals surface area contributed by atoms with Gasteiger partial charge >= 0.3 is 0 Å². The highest BCUT2D eigenvalue weighted by atomic mass is 16.5. The van der Waals surface area contributed by atoms with E-state index in [0.717, 1.165) is 31.8 Å². The summed E-state index contributed by atoms with van der Waals surface area (Å²) in [5.74, 6) is 0.890. The van der Waals surface area contributed by atoms with E-state index in [-0.39, 0.29) is 5.41 Å². The van der Waals surface area contributed by atoms with Crippen LogP contribution in [0.3, 0.4) is 0 Å². The maximum absolute atomic E-state index is 8.93. The van der Waals surface area contributed by atoms with Gasteiger partial charge in [-0.05, 0) is 51.9 Å². The molecule has 0 bridgehead atoms. The Morgan fingerprint density at radius 2 is 2.06 bits per heavy atom. The van der Waals surface area contributed by atoms with Gasteiger partial charge in [-0.25, -0.2) is 0 Å². The zero-order valence-electron chi connectivity index (χ0n) is 12.4. The molecule has 0 amide bonds. The fourth-order valence-electron chi connectivity index (χ4n) is 2.74. The molecule has 2 atom stereocenters. The summed E-state index contributed by atoms with van der Waals surface area (Å²) in [5, 5.41) is 8.93. The summed E-state index contributed by atoms with van der Waals surface area (Å²) in [5.41, 5.74) is -0.169. The summed E-state index contributed by atoms with van der Waals surface area (Å²) < 4.78 is 5.98. The van der Waals surface area contributed by atoms with Crippen molar-refractivity contribution in [3.8, 4) is 6.07 Å². The molecule has 0 aliphatic heterocycles. The van der Waals surface area contributed by atoms with Crippen LogP contribution in [0.4, 0.5) is 0 Å². The minimum atomic E-state index is -0.169. The number of nitriles is 1. The zero-order chi connectivity index (χ0) is 13.4. The zero-order valence-corrected chi connectivity index (χ0v) is 12.4. The third-order valence-electron chi connectivity index (χ3n) is 4.16. The molecular weight excluding hydrogens is 222 g/mol. The van der Waals surface area contributed by atoms with Gasteiger partial charge in [0.15, 0.2) is 0 Å². The molecule has 18 heavy (non-hydrogen) atoms. The quantitative estimate of drug-likeness (QED) is 0.615. The predicted molar refractivity (Wildman–Crippen MR) is 75.2 cm³/mol. The first-order valence-corrected chi connectivity index (χ1v) is 7.60. The van der Waals surface area contributed by atoms with Gasteiger partial charge in [0.05, 0.1) is 17.6 Å². The Morgan fingerprint density at radius 3 is 2.72 bits per heavy atom. The van der Waals surface area contributed by atoms with Crippen molar-refractivity contribution in [2.45, 2.75) is 78.2 Å². The monoisotopic (exact) mass is 251 g/mol. The second-order valence-corrected chi connectivity index (χ2v) is 6.39.